The number of amides is 1. The number of hydrogen-bond donors (Lipinski definition) is 1. The number of rotatable bonds is 6. The molecule has 3 aromatic rings. The summed E-state index contributed by atoms with van der Waals surface area (Å²) in [5.41, 5.74) is 0.765. The van der Waals surface area contributed by atoms with E-state index in [-0.39, 0.29) is 35.5 Å². The molecule has 0 unspecified atom stereocenters. The summed E-state index contributed by atoms with van der Waals surface area (Å²) in [4.78, 5) is 37.1. The molecule has 0 bridgehead atoms. The largest absolute Gasteiger partial charge is 0.478 e. The lowest BCUT2D eigenvalue weighted by Crippen LogP contribution is -2.38. The van der Waals surface area contributed by atoms with Crippen molar-refractivity contribution in [1.82, 2.24) is 0 Å². The van der Waals surface area contributed by atoms with Crippen LogP contribution in [0.3, 0.4) is 0 Å². The molecule has 2 aromatic carbocycles. The number of thiophene rings is 1. The van der Waals surface area contributed by atoms with Crippen LogP contribution in [0.15, 0.2) is 42.5 Å². The highest BCUT2D eigenvalue weighted by atomic mass is 32.1. The van der Waals surface area contributed by atoms with Gasteiger partial charge in [0.2, 0.25) is 0 Å². The summed E-state index contributed by atoms with van der Waals surface area (Å²) in [6, 6.07) is 11.4. The summed E-state index contributed by atoms with van der Waals surface area (Å²) in [6.45, 7) is 1.49. The van der Waals surface area contributed by atoms with Gasteiger partial charge < -0.3 is 19.5 Å². The lowest BCUT2D eigenvalue weighted by atomic mass is 10.1. The fourth-order valence-electron chi connectivity index (χ4n) is 3.26. The molecule has 0 fully saturated rings. The number of carbonyl (C=O) groups is 3. The van der Waals surface area contributed by atoms with Crippen LogP contribution in [0, 0.1) is 5.82 Å². The van der Waals surface area contributed by atoms with E-state index in [4.69, 9.17) is 14.2 Å². The second kappa shape index (κ2) is 8.73. The molecule has 4 rings (SSSR count). The van der Waals surface area contributed by atoms with Crippen LogP contribution in [-0.2, 0) is 25.7 Å². The number of carbonyl (C=O) groups excluding carboxylic acids is 3. The van der Waals surface area contributed by atoms with E-state index in [1.807, 2.05) is 0 Å². The number of anilines is 1. The van der Waals surface area contributed by atoms with Gasteiger partial charge in [0.25, 0.3) is 5.91 Å². The first kappa shape index (κ1) is 20.8. The third-order valence-corrected chi connectivity index (χ3v) is 5.84. The van der Waals surface area contributed by atoms with Crippen LogP contribution >= 0.6 is 11.3 Å². The molecule has 9 heteroatoms. The van der Waals surface area contributed by atoms with E-state index in [1.165, 1.54) is 12.1 Å². The molecule has 1 aromatic heterocycles. The van der Waals surface area contributed by atoms with Crippen molar-refractivity contribution in [3.05, 3.63) is 58.7 Å². The number of halogens is 1. The third-order valence-electron chi connectivity index (χ3n) is 4.66. The van der Waals surface area contributed by atoms with Gasteiger partial charge in [0.15, 0.2) is 6.10 Å². The Bertz CT molecular complexity index is 1170. The fourth-order valence-corrected chi connectivity index (χ4v) is 4.37. The van der Waals surface area contributed by atoms with Crippen LogP contribution in [0.1, 0.15) is 28.6 Å². The molecule has 1 aliphatic rings. The Morgan fingerprint density at radius 1 is 1.16 bits per heavy atom. The van der Waals surface area contributed by atoms with Gasteiger partial charge in [-0.05, 0) is 31.2 Å². The predicted octanol–water partition coefficient (Wildman–Crippen LogP) is 4.05. The monoisotopic (exact) mass is 443 g/mol. The Balaban J connectivity index is 1.50. The minimum atomic E-state index is -1.05. The van der Waals surface area contributed by atoms with Crippen molar-refractivity contribution >= 4 is 45.0 Å². The van der Waals surface area contributed by atoms with E-state index >= 15 is 0 Å². The zero-order valence-electron chi connectivity index (χ0n) is 16.5. The lowest BCUT2D eigenvalue weighted by molar-refractivity contribution is -0.149. The van der Waals surface area contributed by atoms with Gasteiger partial charge >= 0.3 is 11.9 Å². The second-order valence-corrected chi connectivity index (χ2v) is 7.75. The summed E-state index contributed by atoms with van der Waals surface area (Å²) >= 11 is 1.07. The third kappa shape index (κ3) is 4.22. The number of ether oxygens (including phenoxy) is 3. The van der Waals surface area contributed by atoms with Crippen LogP contribution < -0.4 is 10.1 Å². The highest BCUT2D eigenvalue weighted by Gasteiger charge is 2.30. The van der Waals surface area contributed by atoms with E-state index in [9.17, 15) is 18.8 Å². The zero-order chi connectivity index (χ0) is 22.0. The molecule has 0 saturated carbocycles. The normalized spacial score (nSPS) is 15.0. The Kier molecular flexibility index (Phi) is 5.85. The highest BCUT2D eigenvalue weighted by molar-refractivity contribution is 7.21. The van der Waals surface area contributed by atoms with Crippen molar-refractivity contribution < 1.29 is 33.0 Å². The van der Waals surface area contributed by atoms with Crippen LogP contribution in [0.25, 0.3) is 10.1 Å². The van der Waals surface area contributed by atoms with Crippen LogP contribution in [0.5, 0.6) is 5.75 Å². The maximum atomic E-state index is 14.4. The van der Waals surface area contributed by atoms with Gasteiger partial charge in [-0.2, -0.15) is 0 Å². The maximum Gasteiger partial charge on any atom is 0.348 e. The number of nitrogens with one attached hydrogen (secondary N) is 1. The molecule has 160 valence electrons. The molecule has 0 radical (unpaired) electrons. The molecule has 1 aliphatic heterocycles. The Morgan fingerprint density at radius 3 is 2.77 bits per heavy atom. The minimum absolute atomic E-state index is 0.157. The Hall–Kier alpha value is -3.46. The summed E-state index contributed by atoms with van der Waals surface area (Å²) < 4.78 is 30.9. The summed E-state index contributed by atoms with van der Waals surface area (Å²) in [7, 11) is 0. The Morgan fingerprint density at radius 2 is 1.97 bits per heavy atom. The fraction of sp³-hybridized carbons (Fsp3) is 0.227. The molecule has 0 spiro atoms. The van der Waals surface area contributed by atoms with Gasteiger partial charge in [-0.1, -0.05) is 18.2 Å². The number of benzene rings is 2. The smallest absolute Gasteiger partial charge is 0.348 e. The molecular formula is C22H18FNO6S. The van der Waals surface area contributed by atoms with E-state index in [2.05, 4.69) is 5.32 Å². The quantitative estimate of drug-likeness (QED) is 0.578. The van der Waals surface area contributed by atoms with Crippen molar-refractivity contribution in [3.8, 4) is 5.75 Å². The summed E-state index contributed by atoms with van der Waals surface area (Å²) in [5, 5.41) is 2.89. The highest BCUT2D eigenvalue weighted by Crippen LogP contribution is 2.35. The van der Waals surface area contributed by atoms with Crippen molar-refractivity contribution in [2.75, 3.05) is 11.9 Å². The van der Waals surface area contributed by atoms with Crippen LogP contribution in [0.2, 0.25) is 0 Å². The van der Waals surface area contributed by atoms with Crippen molar-refractivity contribution in [3.63, 3.8) is 0 Å². The number of fused-ring (bicyclic) bond motifs is 2. The van der Waals surface area contributed by atoms with Gasteiger partial charge in [-0.15, -0.1) is 11.3 Å². The molecule has 0 aliphatic carbocycles. The van der Waals surface area contributed by atoms with Gasteiger partial charge in [-0.25, -0.2) is 9.18 Å². The van der Waals surface area contributed by atoms with E-state index in [1.54, 1.807) is 37.3 Å². The van der Waals surface area contributed by atoms with E-state index in [0.29, 0.717) is 16.1 Å². The topological polar surface area (TPSA) is 90.9 Å². The molecule has 1 amide bonds. The van der Waals surface area contributed by atoms with Gasteiger partial charge in [-0.3, -0.25) is 9.59 Å². The Labute approximate surface area is 180 Å². The molecule has 2 heterocycles. The average Bonchev–Trinajstić information content (AvgIpc) is 3.13. The molecule has 1 atom stereocenters. The number of hydrogen-bond acceptors (Lipinski definition) is 7. The van der Waals surface area contributed by atoms with E-state index < -0.39 is 29.8 Å². The van der Waals surface area contributed by atoms with E-state index in [0.717, 1.165) is 11.3 Å². The van der Waals surface area contributed by atoms with Crippen molar-refractivity contribution in [2.45, 2.75) is 26.1 Å². The zero-order valence-corrected chi connectivity index (χ0v) is 17.3. The molecular weight excluding hydrogens is 425 g/mol. The minimum Gasteiger partial charge on any atom is -0.478 e. The first-order chi connectivity index (χ1) is 15.0. The van der Waals surface area contributed by atoms with Gasteiger partial charge in [0.05, 0.1) is 18.7 Å². The van der Waals surface area contributed by atoms with Gasteiger partial charge in [0.1, 0.15) is 23.1 Å². The molecule has 0 saturated heterocycles. The van der Waals surface area contributed by atoms with Crippen molar-refractivity contribution in [2.24, 2.45) is 0 Å². The standard InChI is InChI=1S/C22H18FNO6S/c1-2-28-22(27)20-12(19-13(23)6-5-9-17(19)31-20)11-29-18(25)10-16-21(26)24-14-7-3-4-8-15(14)30-16/h3-9,16H,2,10-11H2,1H3,(H,24,26)/t16-/m0/s1. The first-order valence-corrected chi connectivity index (χ1v) is 10.4. The predicted molar refractivity (Wildman–Crippen MR) is 112 cm³/mol. The number of para-hydroxylation sites is 2. The summed E-state index contributed by atoms with van der Waals surface area (Å²) in [6.07, 6.45) is -1.39. The average molecular weight is 443 g/mol. The maximum absolute atomic E-state index is 14.4. The van der Waals surface area contributed by atoms with Gasteiger partial charge in [0, 0.05) is 15.6 Å². The molecule has 31 heavy (non-hydrogen) atoms. The van der Waals surface area contributed by atoms with Crippen molar-refractivity contribution in [1.29, 1.82) is 0 Å². The first-order valence-electron chi connectivity index (χ1n) is 9.57. The lowest BCUT2D eigenvalue weighted by Gasteiger charge is -2.25. The summed E-state index contributed by atoms with van der Waals surface area (Å²) in [5.74, 6) is -1.86. The van der Waals surface area contributed by atoms with Crippen LogP contribution in [0.4, 0.5) is 10.1 Å². The molecule has 7 nitrogen and oxygen atoms in total. The second-order valence-electron chi connectivity index (χ2n) is 6.70. The molecule has 1 N–H and O–H groups in total. The van der Waals surface area contributed by atoms with Crippen LogP contribution in [-0.4, -0.2) is 30.6 Å². The SMILES string of the molecule is CCOC(=O)c1sc2cccc(F)c2c1COC(=O)C[C@@H]1Oc2ccccc2NC1=O. The number of esters is 2.